The smallest absolute Gasteiger partial charge is 0.190 e. The van der Waals surface area contributed by atoms with Gasteiger partial charge in [-0.25, -0.2) is 0 Å². The molecule has 0 aromatic carbocycles. The van der Waals surface area contributed by atoms with E-state index >= 15 is 0 Å². The third kappa shape index (κ3) is 8.04. The lowest BCUT2D eigenvalue weighted by Gasteiger charge is -2.11. The molecule has 7 heteroatoms. The first-order valence-electron chi connectivity index (χ1n) is 6.17. The van der Waals surface area contributed by atoms with Crippen LogP contribution in [0.25, 0.3) is 0 Å². The number of hydrogen-bond donors (Lipinski definition) is 2. The fraction of sp³-hybridized carbons (Fsp3) is 0.667. The number of nitrogens with one attached hydrogen (secondary N) is 2. The Balaban J connectivity index is 0.00000324. The average Bonchev–Trinajstić information content (AvgIpc) is 2.78. The molecule has 0 amide bonds. The summed E-state index contributed by atoms with van der Waals surface area (Å²) in [6.45, 7) is 2.47. The zero-order valence-corrected chi connectivity index (χ0v) is 14.2. The molecule has 110 valence electrons. The van der Waals surface area contributed by atoms with E-state index in [1.165, 1.54) is 5.56 Å². The Morgan fingerprint density at radius 2 is 2.16 bits per heavy atom. The van der Waals surface area contributed by atoms with Crippen molar-refractivity contribution in [2.45, 2.75) is 12.8 Å². The molecule has 0 unspecified atom stereocenters. The van der Waals surface area contributed by atoms with Crippen LogP contribution in [0.1, 0.15) is 12.0 Å². The van der Waals surface area contributed by atoms with Gasteiger partial charge in [0.2, 0.25) is 0 Å². The first-order valence-corrected chi connectivity index (χ1v) is 6.17. The van der Waals surface area contributed by atoms with E-state index in [1.54, 1.807) is 14.2 Å². The van der Waals surface area contributed by atoms with Gasteiger partial charge in [0.1, 0.15) is 0 Å². The molecule has 1 rings (SSSR count). The summed E-state index contributed by atoms with van der Waals surface area (Å²) in [5.74, 6) is 0.829. The van der Waals surface area contributed by atoms with Gasteiger partial charge >= 0.3 is 0 Å². The predicted molar refractivity (Wildman–Crippen MR) is 88.2 cm³/mol. The van der Waals surface area contributed by atoms with E-state index in [0.29, 0.717) is 0 Å². The minimum Gasteiger partial charge on any atom is -0.385 e. The maximum Gasteiger partial charge on any atom is 0.190 e. The van der Waals surface area contributed by atoms with Gasteiger partial charge in [-0.05, 0) is 18.4 Å². The first-order chi connectivity index (χ1) is 8.76. The molecule has 0 radical (unpaired) electrons. The fourth-order valence-corrected chi connectivity index (χ4v) is 1.57. The van der Waals surface area contributed by atoms with Crippen LogP contribution in [0, 0.1) is 0 Å². The van der Waals surface area contributed by atoms with Gasteiger partial charge in [0.15, 0.2) is 5.96 Å². The summed E-state index contributed by atoms with van der Waals surface area (Å²) in [5, 5.41) is 10.6. The number of nitrogens with zero attached hydrogens (tertiary/aromatic N) is 3. The number of aliphatic imine (C=N–C) groups is 1. The van der Waals surface area contributed by atoms with Crippen molar-refractivity contribution in [3.05, 3.63) is 18.0 Å². The summed E-state index contributed by atoms with van der Waals surface area (Å²) in [5.41, 5.74) is 1.22. The van der Waals surface area contributed by atoms with Crippen molar-refractivity contribution in [1.29, 1.82) is 0 Å². The molecule has 0 aliphatic heterocycles. The first kappa shape index (κ1) is 18.2. The number of rotatable bonds is 7. The van der Waals surface area contributed by atoms with E-state index in [2.05, 4.69) is 20.7 Å². The summed E-state index contributed by atoms with van der Waals surface area (Å²) in [6, 6.07) is 0. The molecular weight excluding hydrogens is 357 g/mol. The lowest BCUT2D eigenvalue weighted by atomic mass is 10.2. The SMILES string of the molecule is CN=C(NCCCOC)NCCc1cnn(C)c1.I. The van der Waals surface area contributed by atoms with Crippen LogP contribution >= 0.6 is 24.0 Å². The topological polar surface area (TPSA) is 63.5 Å². The molecule has 0 aliphatic carbocycles. The monoisotopic (exact) mass is 381 g/mol. The Hall–Kier alpha value is -0.830. The molecule has 0 saturated heterocycles. The number of hydrogen-bond acceptors (Lipinski definition) is 3. The fourth-order valence-electron chi connectivity index (χ4n) is 1.57. The highest BCUT2D eigenvalue weighted by atomic mass is 127. The van der Waals surface area contributed by atoms with Crippen molar-refractivity contribution >= 4 is 29.9 Å². The van der Waals surface area contributed by atoms with Gasteiger partial charge in [-0.1, -0.05) is 0 Å². The van der Waals surface area contributed by atoms with Crippen molar-refractivity contribution in [1.82, 2.24) is 20.4 Å². The molecule has 0 fully saturated rings. The van der Waals surface area contributed by atoms with Crippen molar-refractivity contribution in [3.63, 3.8) is 0 Å². The van der Waals surface area contributed by atoms with Crippen molar-refractivity contribution in [2.75, 3.05) is 33.9 Å². The minimum atomic E-state index is 0. The van der Waals surface area contributed by atoms with Crippen LogP contribution in [0.2, 0.25) is 0 Å². The van der Waals surface area contributed by atoms with Gasteiger partial charge in [0.05, 0.1) is 6.20 Å². The van der Waals surface area contributed by atoms with Gasteiger partial charge < -0.3 is 15.4 Å². The van der Waals surface area contributed by atoms with Gasteiger partial charge in [0.25, 0.3) is 0 Å². The van der Waals surface area contributed by atoms with Crippen LogP contribution in [-0.4, -0.2) is 49.6 Å². The summed E-state index contributed by atoms with van der Waals surface area (Å²) in [7, 11) is 5.41. The van der Waals surface area contributed by atoms with Crippen LogP contribution in [0.3, 0.4) is 0 Å². The second-order valence-corrected chi connectivity index (χ2v) is 4.04. The molecule has 1 aromatic heterocycles. The second-order valence-electron chi connectivity index (χ2n) is 4.04. The normalized spacial score (nSPS) is 11.0. The number of aromatic nitrogens is 2. The highest BCUT2D eigenvalue weighted by molar-refractivity contribution is 14.0. The van der Waals surface area contributed by atoms with Crippen molar-refractivity contribution in [3.8, 4) is 0 Å². The highest BCUT2D eigenvalue weighted by Crippen LogP contribution is 1.95. The molecule has 1 aromatic rings. The highest BCUT2D eigenvalue weighted by Gasteiger charge is 1.98. The quantitative estimate of drug-likeness (QED) is 0.317. The molecule has 2 N–H and O–H groups in total. The van der Waals surface area contributed by atoms with E-state index in [9.17, 15) is 0 Å². The van der Waals surface area contributed by atoms with Gasteiger partial charge in [0, 0.05) is 47.1 Å². The van der Waals surface area contributed by atoms with E-state index in [1.807, 2.05) is 24.1 Å². The Morgan fingerprint density at radius 3 is 2.74 bits per heavy atom. The molecule has 19 heavy (non-hydrogen) atoms. The number of methoxy groups -OCH3 is 1. The van der Waals surface area contributed by atoms with Crippen LogP contribution in [0.4, 0.5) is 0 Å². The van der Waals surface area contributed by atoms with Crippen LogP contribution < -0.4 is 10.6 Å². The maximum atomic E-state index is 4.99. The lowest BCUT2D eigenvalue weighted by molar-refractivity contribution is 0.195. The molecule has 0 atom stereocenters. The minimum absolute atomic E-state index is 0. The molecule has 0 bridgehead atoms. The van der Waals surface area contributed by atoms with E-state index in [4.69, 9.17) is 4.74 Å². The molecule has 6 nitrogen and oxygen atoms in total. The van der Waals surface area contributed by atoms with Gasteiger partial charge in [-0.3, -0.25) is 9.67 Å². The number of aryl methyl sites for hydroxylation is 1. The van der Waals surface area contributed by atoms with Crippen molar-refractivity contribution < 1.29 is 4.74 Å². The lowest BCUT2D eigenvalue weighted by Crippen LogP contribution is -2.38. The third-order valence-corrected chi connectivity index (χ3v) is 2.51. The summed E-state index contributed by atoms with van der Waals surface area (Å²) in [6.07, 6.45) is 5.82. The van der Waals surface area contributed by atoms with E-state index in [-0.39, 0.29) is 24.0 Å². The number of guanidine groups is 1. The zero-order valence-electron chi connectivity index (χ0n) is 11.8. The van der Waals surface area contributed by atoms with E-state index < -0.39 is 0 Å². The van der Waals surface area contributed by atoms with Crippen LogP contribution in [0.15, 0.2) is 17.4 Å². The molecule has 0 spiro atoms. The van der Waals surface area contributed by atoms with Crippen molar-refractivity contribution in [2.24, 2.45) is 12.0 Å². The Bertz CT molecular complexity index is 367. The summed E-state index contributed by atoms with van der Waals surface area (Å²) >= 11 is 0. The molecule has 0 aliphatic rings. The van der Waals surface area contributed by atoms with Gasteiger partial charge in [-0.2, -0.15) is 5.10 Å². The summed E-state index contributed by atoms with van der Waals surface area (Å²) in [4.78, 5) is 4.15. The number of ether oxygens (including phenoxy) is 1. The third-order valence-electron chi connectivity index (χ3n) is 2.51. The second kappa shape index (κ2) is 11.0. The maximum absolute atomic E-state index is 4.99. The number of halogens is 1. The standard InChI is InChI=1S/C12H23N5O.HI/c1-13-12(14-6-4-8-18-3)15-7-5-11-9-16-17(2)10-11;/h9-10H,4-8H2,1-3H3,(H2,13,14,15);1H. The largest absolute Gasteiger partial charge is 0.385 e. The Morgan fingerprint density at radius 1 is 1.42 bits per heavy atom. The van der Waals surface area contributed by atoms with Crippen LogP contribution in [0.5, 0.6) is 0 Å². The van der Waals surface area contributed by atoms with Crippen LogP contribution in [-0.2, 0) is 18.2 Å². The predicted octanol–water partition coefficient (Wildman–Crippen LogP) is 0.782. The average molecular weight is 381 g/mol. The zero-order chi connectivity index (χ0) is 13.2. The molecular formula is C12H24IN5O. The summed E-state index contributed by atoms with van der Waals surface area (Å²) < 4.78 is 6.80. The molecule has 0 saturated carbocycles. The Labute approximate surface area is 132 Å². The van der Waals surface area contributed by atoms with Gasteiger partial charge in [-0.15, -0.1) is 24.0 Å². The molecule has 1 heterocycles. The van der Waals surface area contributed by atoms with E-state index in [0.717, 1.165) is 38.5 Å². The Kier molecular flexibility index (Phi) is 10.6.